The van der Waals surface area contributed by atoms with Gasteiger partial charge < -0.3 is 10.6 Å². The second-order valence-corrected chi connectivity index (χ2v) is 6.88. The van der Waals surface area contributed by atoms with Crippen LogP contribution in [0.1, 0.15) is 35.3 Å². The van der Waals surface area contributed by atoms with E-state index in [0.717, 1.165) is 11.1 Å². The number of hydrogen-bond acceptors (Lipinski definition) is 2. The molecule has 1 atom stereocenters. The minimum absolute atomic E-state index is 0.207. The van der Waals surface area contributed by atoms with E-state index in [1.165, 1.54) is 0 Å². The van der Waals surface area contributed by atoms with Crippen LogP contribution in [0.5, 0.6) is 0 Å². The molecule has 2 amide bonds. The van der Waals surface area contributed by atoms with E-state index >= 15 is 0 Å². The van der Waals surface area contributed by atoms with Crippen LogP contribution in [0.3, 0.4) is 0 Å². The van der Waals surface area contributed by atoms with Gasteiger partial charge in [-0.25, -0.2) is 0 Å². The third kappa shape index (κ3) is 3.02. The van der Waals surface area contributed by atoms with Crippen LogP contribution in [-0.2, 0) is 16.8 Å². The lowest BCUT2D eigenvalue weighted by Crippen LogP contribution is -2.59. The van der Waals surface area contributed by atoms with Gasteiger partial charge in [0.15, 0.2) is 0 Å². The monoisotopic (exact) mass is 341 g/mol. The molecule has 2 aromatic rings. The number of benzene rings is 2. The van der Waals surface area contributed by atoms with Crippen molar-refractivity contribution >= 4 is 23.4 Å². The van der Waals surface area contributed by atoms with Gasteiger partial charge in [-0.1, -0.05) is 49.7 Å². The first kappa shape index (κ1) is 16.5. The number of carbonyl (C=O) groups excluding carboxylic acids is 2. The van der Waals surface area contributed by atoms with Crippen molar-refractivity contribution in [2.45, 2.75) is 31.8 Å². The molecule has 1 aliphatic heterocycles. The number of carbonyl (C=O) groups is 2. The molecule has 4 nitrogen and oxygen atoms in total. The smallest absolute Gasteiger partial charge is 0.252 e. The molecular weight excluding hydrogens is 324 g/mol. The zero-order chi connectivity index (χ0) is 17.3. The number of amides is 2. The molecule has 1 radical (unpaired) electrons. The lowest BCUT2D eigenvalue weighted by molar-refractivity contribution is -0.124. The van der Waals surface area contributed by atoms with Gasteiger partial charge in [0, 0.05) is 22.5 Å². The van der Waals surface area contributed by atoms with Crippen molar-refractivity contribution in [1.29, 1.82) is 0 Å². The lowest BCUT2D eigenvalue weighted by Gasteiger charge is -2.39. The van der Waals surface area contributed by atoms with E-state index < -0.39 is 11.5 Å². The van der Waals surface area contributed by atoms with Crippen LogP contribution in [0, 0.1) is 6.07 Å². The number of rotatable bonds is 3. The highest BCUT2D eigenvalue weighted by molar-refractivity contribution is 6.30. The maximum Gasteiger partial charge on any atom is 0.252 e. The molecule has 1 aliphatic rings. The summed E-state index contributed by atoms with van der Waals surface area (Å²) in [6.07, 6.45) is 0. The Labute approximate surface area is 146 Å². The molecule has 5 heteroatoms. The summed E-state index contributed by atoms with van der Waals surface area (Å²) in [4.78, 5) is 24.9. The van der Waals surface area contributed by atoms with Crippen molar-refractivity contribution in [3.63, 3.8) is 0 Å². The van der Waals surface area contributed by atoms with Gasteiger partial charge in [0.25, 0.3) is 5.91 Å². The zero-order valence-electron chi connectivity index (χ0n) is 13.5. The fraction of sp³-hybridized carbons (Fsp3) is 0.263. The Kier molecular flexibility index (Phi) is 4.33. The largest absolute Gasteiger partial charge is 0.350 e. The molecule has 0 fully saturated rings. The Morgan fingerprint density at radius 2 is 2.00 bits per heavy atom. The fourth-order valence-corrected chi connectivity index (χ4v) is 3.14. The predicted molar refractivity (Wildman–Crippen MR) is 92.9 cm³/mol. The SMILES string of the molecule is CC1(C)c2cc[c]cc2C(=O)NC1C(=O)NCc1ccc(Cl)cc1. The molecule has 0 spiro atoms. The molecule has 1 unspecified atom stereocenters. The molecule has 0 aliphatic carbocycles. The Morgan fingerprint density at radius 1 is 1.29 bits per heavy atom. The summed E-state index contributed by atoms with van der Waals surface area (Å²) < 4.78 is 0. The molecule has 2 aromatic carbocycles. The third-order valence-corrected chi connectivity index (χ3v) is 4.69. The standard InChI is InChI=1S/C19H18ClN2O2/c1-19(2)15-6-4-3-5-14(15)17(23)22-16(19)18(24)21-11-12-7-9-13(20)10-8-12/h4-10,16H,11H2,1-2H3,(H,21,24)(H,22,23). The molecular formula is C19H18ClN2O2. The van der Waals surface area contributed by atoms with Gasteiger partial charge in [-0.3, -0.25) is 9.59 Å². The van der Waals surface area contributed by atoms with Crippen LogP contribution < -0.4 is 10.6 Å². The van der Waals surface area contributed by atoms with E-state index in [9.17, 15) is 9.59 Å². The molecule has 0 bridgehead atoms. The fourth-order valence-electron chi connectivity index (χ4n) is 3.01. The third-order valence-electron chi connectivity index (χ3n) is 4.44. The van der Waals surface area contributed by atoms with Crippen molar-refractivity contribution in [2.75, 3.05) is 0 Å². The van der Waals surface area contributed by atoms with Gasteiger partial charge in [0.1, 0.15) is 6.04 Å². The molecule has 0 saturated carbocycles. The molecule has 2 N–H and O–H groups in total. The Hall–Kier alpha value is -2.33. The van der Waals surface area contributed by atoms with E-state index in [0.29, 0.717) is 17.1 Å². The summed E-state index contributed by atoms with van der Waals surface area (Å²) in [6, 6.07) is 14.8. The van der Waals surface area contributed by atoms with Crippen LogP contribution in [0.2, 0.25) is 5.02 Å². The highest BCUT2D eigenvalue weighted by Gasteiger charge is 2.43. The van der Waals surface area contributed by atoms with E-state index in [1.807, 2.05) is 32.0 Å². The molecule has 24 heavy (non-hydrogen) atoms. The predicted octanol–water partition coefficient (Wildman–Crippen LogP) is 2.85. The molecule has 123 valence electrons. The maximum absolute atomic E-state index is 12.6. The number of halogens is 1. The minimum Gasteiger partial charge on any atom is -0.350 e. The highest BCUT2D eigenvalue weighted by Crippen LogP contribution is 2.33. The molecule has 1 heterocycles. The lowest BCUT2D eigenvalue weighted by atomic mass is 9.72. The Morgan fingerprint density at radius 3 is 2.71 bits per heavy atom. The first-order chi connectivity index (χ1) is 11.4. The van der Waals surface area contributed by atoms with Crippen molar-refractivity contribution in [2.24, 2.45) is 0 Å². The van der Waals surface area contributed by atoms with Gasteiger partial charge in [0.2, 0.25) is 5.91 Å². The average Bonchev–Trinajstić information content (AvgIpc) is 2.57. The maximum atomic E-state index is 12.6. The van der Waals surface area contributed by atoms with Crippen LogP contribution in [0.15, 0.2) is 42.5 Å². The Bertz CT molecular complexity index is 784. The number of hydrogen-bond donors (Lipinski definition) is 2. The summed E-state index contributed by atoms with van der Waals surface area (Å²) in [6.45, 7) is 4.30. The van der Waals surface area contributed by atoms with Crippen LogP contribution in [-0.4, -0.2) is 17.9 Å². The summed E-state index contributed by atoms with van der Waals surface area (Å²) >= 11 is 5.86. The summed E-state index contributed by atoms with van der Waals surface area (Å²) in [7, 11) is 0. The molecule has 3 rings (SSSR count). The topological polar surface area (TPSA) is 58.2 Å². The van der Waals surface area contributed by atoms with Gasteiger partial charge >= 0.3 is 0 Å². The van der Waals surface area contributed by atoms with E-state index in [2.05, 4.69) is 16.7 Å². The van der Waals surface area contributed by atoms with Gasteiger partial charge in [-0.2, -0.15) is 0 Å². The van der Waals surface area contributed by atoms with Crippen molar-refractivity contribution in [3.8, 4) is 0 Å². The van der Waals surface area contributed by atoms with Crippen molar-refractivity contribution in [1.82, 2.24) is 10.6 Å². The van der Waals surface area contributed by atoms with E-state index in [-0.39, 0.29) is 11.8 Å². The second-order valence-electron chi connectivity index (χ2n) is 6.44. The minimum atomic E-state index is -0.632. The Balaban J connectivity index is 1.78. The quantitative estimate of drug-likeness (QED) is 0.902. The van der Waals surface area contributed by atoms with Crippen molar-refractivity contribution in [3.05, 3.63) is 70.2 Å². The zero-order valence-corrected chi connectivity index (χ0v) is 14.3. The summed E-state index contributed by atoms with van der Waals surface area (Å²) in [5.74, 6) is -0.449. The van der Waals surface area contributed by atoms with Crippen LogP contribution in [0.25, 0.3) is 0 Å². The van der Waals surface area contributed by atoms with Crippen LogP contribution >= 0.6 is 11.6 Å². The first-order valence-corrected chi connectivity index (χ1v) is 8.11. The summed E-state index contributed by atoms with van der Waals surface area (Å²) in [5, 5.41) is 6.36. The molecule has 0 saturated heterocycles. The van der Waals surface area contributed by atoms with Crippen LogP contribution in [0.4, 0.5) is 0 Å². The van der Waals surface area contributed by atoms with E-state index in [4.69, 9.17) is 11.6 Å². The second kappa shape index (κ2) is 6.29. The van der Waals surface area contributed by atoms with Gasteiger partial charge in [-0.15, -0.1) is 0 Å². The number of fused-ring (bicyclic) bond motifs is 1. The normalized spacial score (nSPS) is 18.5. The number of nitrogens with one attached hydrogen (secondary N) is 2. The van der Waals surface area contributed by atoms with Gasteiger partial charge in [0.05, 0.1) is 0 Å². The highest BCUT2D eigenvalue weighted by atomic mass is 35.5. The summed E-state index contributed by atoms with van der Waals surface area (Å²) in [5.41, 5.74) is 1.87. The van der Waals surface area contributed by atoms with Crippen molar-refractivity contribution < 1.29 is 9.59 Å². The first-order valence-electron chi connectivity index (χ1n) is 7.73. The molecule has 0 aromatic heterocycles. The van der Waals surface area contributed by atoms with E-state index in [1.54, 1.807) is 24.3 Å². The van der Waals surface area contributed by atoms with Gasteiger partial charge in [-0.05, 0) is 35.4 Å². The average molecular weight is 342 g/mol.